The highest BCUT2D eigenvalue weighted by atomic mass is 19.4. The fraction of sp³-hybridized carbons (Fsp3) is 0.905. The van der Waals surface area contributed by atoms with Crippen LogP contribution in [0.3, 0.4) is 0 Å². The predicted octanol–water partition coefficient (Wildman–Crippen LogP) is 3.40. The van der Waals surface area contributed by atoms with E-state index in [2.05, 4.69) is 4.90 Å². The summed E-state index contributed by atoms with van der Waals surface area (Å²) in [6.45, 7) is 4.56. The Bertz CT molecular complexity index is 682. The maximum atomic E-state index is 13.0. The number of rotatable bonds is 5. The first kappa shape index (κ1) is 25.1. The molecule has 6 nitrogen and oxygen atoms in total. The van der Waals surface area contributed by atoms with Crippen molar-refractivity contribution in [1.29, 1.82) is 0 Å². The molecule has 4 fully saturated rings. The van der Waals surface area contributed by atoms with Crippen LogP contribution in [0.1, 0.15) is 44.9 Å². The summed E-state index contributed by atoms with van der Waals surface area (Å²) < 4.78 is 63.3. The summed E-state index contributed by atoms with van der Waals surface area (Å²) in [6, 6.07) is 0.498. The van der Waals surface area contributed by atoms with Crippen LogP contribution in [0.25, 0.3) is 0 Å². The molecular formula is C21H31F5N2O4. The van der Waals surface area contributed by atoms with Crippen LogP contribution in [0.15, 0.2) is 0 Å². The molecule has 2 aliphatic carbocycles. The van der Waals surface area contributed by atoms with Gasteiger partial charge in [-0.05, 0) is 43.4 Å². The van der Waals surface area contributed by atoms with Crippen molar-refractivity contribution in [3.8, 4) is 0 Å². The number of carbonyl (C=O) groups is 2. The largest absolute Gasteiger partial charge is 0.490 e. The Balaban J connectivity index is 0.000000360. The van der Waals surface area contributed by atoms with Gasteiger partial charge in [-0.3, -0.25) is 9.69 Å². The monoisotopic (exact) mass is 470 g/mol. The van der Waals surface area contributed by atoms with E-state index >= 15 is 0 Å². The number of halogens is 5. The lowest BCUT2D eigenvalue weighted by atomic mass is 9.75. The molecule has 1 unspecified atom stereocenters. The van der Waals surface area contributed by atoms with Gasteiger partial charge in [0, 0.05) is 58.1 Å². The van der Waals surface area contributed by atoms with Crippen LogP contribution < -0.4 is 0 Å². The number of ether oxygens (including phenoxy) is 1. The molecule has 2 heterocycles. The van der Waals surface area contributed by atoms with E-state index in [-0.39, 0.29) is 18.7 Å². The van der Waals surface area contributed by atoms with E-state index in [0.29, 0.717) is 11.5 Å². The number of carboxylic acids is 1. The van der Waals surface area contributed by atoms with E-state index in [1.54, 1.807) is 7.11 Å². The number of methoxy groups -OCH3 is 1. The maximum absolute atomic E-state index is 13.0. The van der Waals surface area contributed by atoms with Crippen LogP contribution in [0.4, 0.5) is 22.0 Å². The van der Waals surface area contributed by atoms with Crippen molar-refractivity contribution < 1.29 is 41.4 Å². The van der Waals surface area contributed by atoms with Crippen molar-refractivity contribution >= 4 is 11.9 Å². The van der Waals surface area contributed by atoms with Crippen LogP contribution in [0.2, 0.25) is 0 Å². The van der Waals surface area contributed by atoms with Crippen molar-refractivity contribution in [3.05, 3.63) is 0 Å². The van der Waals surface area contributed by atoms with Crippen LogP contribution in [0.5, 0.6) is 0 Å². The normalized spacial score (nSPS) is 27.6. The number of hydrogen-bond donors (Lipinski definition) is 1. The molecule has 2 saturated heterocycles. The molecule has 4 rings (SSSR count). The van der Waals surface area contributed by atoms with Crippen LogP contribution in [-0.2, 0) is 14.3 Å². The van der Waals surface area contributed by atoms with E-state index in [4.69, 9.17) is 14.6 Å². The van der Waals surface area contributed by atoms with E-state index in [1.165, 1.54) is 19.4 Å². The van der Waals surface area contributed by atoms with Gasteiger partial charge >= 0.3 is 12.1 Å². The minimum atomic E-state index is -5.08. The molecule has 1 amide bonds. The molecule has 0 aromatic rings. The van der Waals surface area contributed by atoms with Gasteiger partial charge in [-0.15, -0.1) is 0 Å². The maximum Gasteiger partial charge on any atom is 0.490 e. The molecule has 0 radical (unpaired) electrons. The third-order valence-electron chi connectivity index (χ3n) is 7.09. The molecule has 11 heteroatoms. The van der Waals surface area contributed by atoms with Gasteiger partial charge in [0.2, 0.25) is 11.8 Å². The lowest BCUT2D eigenvalue weighted by molar-refractivity contribution is -0.192. The molecule has 0 bridgehead atoms. The number of carbonyl (C=O) groups excluding carboxylic acids is 1. The van der Waals surface area contributed by atoms with Crippen molar-refractivity contribution in [1.82, 2.24) is 9.80 Å². The lowest BCUT2D eigenvalue weighted by Gasteiger charge is -2.43. The molecule has 2 aliphatic heterocycles. The van der Waals surface area contributed by atoms with E-state index in [1.807, 2.05) is 4.90 Å². The van der Waals surface area contributed by atoms with Crippen molar-refractivity contribution in [2.45, 2.75) is 63.1 Å². The Morgan fingerprint density at radius 2 is 1.66 bits per heavy atom. The highest BCUT2D eigenvalue weighted by molar-refractivity contribution is 5.80. The zero-order chi connectivity index (χ0) is 23.7. The van der Waals surface area contributed by atoms with Crippen LogP contribution >= 0.6 is 0 Å². The number of carboxylic acid groups (broad SMARTS) is 1. The summed E-state index contributed by atoms with van der Waals surface area (Å²) in [5, 5.41) is 7.12. The van der Waals surface area contributed by atoms with Crippen molar-refractivity contribution in [2.24, 2.45) is 17.3 Å². The molecular weight excluding hydrogens is 439 g/mol. The highest BCUT2D eigenvalue weighted by Crippen LogP contribution is 2.47. The molecule has 32 heavy (non-hydrogen) atoms. The third-order valence-corrected chi connectivity index (χ3v) is 7.09. The first-order chi connectivity index (χ1) is 14.8. The molecule has 184 valence electrons. The Morgan fingerprint density at radius 1 is 1.09 bits per heavy atom. The van der Waals surface area contributed by atoms with Crippen LogP contribution in [0, 0.1) is 17.3 Å². The van der Waals surface area contributed by atoms with E-state index < -0.39 is 24.0 Å². The van der Waals surface area contributed by atoms with Gasteiger partial charge in [-0.1, -0.05) is 0 Å². The molecule has 1 spiro atoms. The molecule has 0 aromatic carbocycles. The second-order valence-corrected chi connectivity index (χ2v) is 9.78. The zero-order valence-corrected chi connectivity index (χ0v) is 18.2. The van der Waals surface area contributed by atoms with E-state index in [0.717, 1.165) is 51.4 Å². The number of nitrogens with zero attached hydrogens (tertiary/aromatic N) is 2. The SMILES string of the molecule is COCC1CC2(CCN(C(=O)C3CC(F)(F)C3)CC2)CN1CC1CC1.O=C(O)C(F)(F)F. The molecule has 0 aromatic heterocycles. The van der Waals surface area contributed by atoms with Gasteiger partial charge in [0.05, 0.1) is 6.61 Å². The predicted molar refractivity (Wildman–Crippen MR) is 104 cm³/mol. The first-order valence-corrected chi connectivity index (χ1v) is 11.0. The van der Waals surface area contributed by atoms with Crippen LogP contribution in [-0.4, -0.2) is 84.8 Å². The average Bonchev–Trinajstić information content (AvgIpc) is 3.43. The Kier molecular flexibility index (Phi) is 7.39. The quantitative estimate of drug-likeness (QED) is 0.624. The average molecular weight is 470 g/mol. The van der Waals surface area contributed by atoms with Crippen molar-refractivity contribution in [3.63, 3.8) is 0 Å². The summed E-state index contributed by atoms with van der Waals surface area (Å²) >= 11 is 0. The van der Waals surface area contributed by atoms with Gasteiger partial charge in [0.25, 0.3) is 0 Å². The fourth-order valence-corrected chi connectivity index (χ4v) is 5.11. The summed E-state index contributed by atoms with van der Waals surface area (Å²) in [6.07, 6.45) is 0.287. The molecule has 4 aliphatic rings. The smallest absolute Gasteiger partial charge is 0.475 e. The van der Waals surface area contributed by atoms with Gasteiger partial charge in [0.15, 0.2) is 0 Å². The summed E-state index contributed by atoms with van der Waals surface area (Å²) in [5.74, 6) is -4.98. The fourth-order valence-electron chi connectivity index (χ4n) is 5.11. The Morgan fingerprint density at radius 3 is 2.09 bits per heavy atom. The lowest BCUT2D eigenvalue weighted by Crippen LogP contribution is -2.51. The second-order valence-electron chi connectivity index (χ2n) is 9.78. The highest BCUT2D eigenvalue weighted by Gasteiger charge is 2.52. The summed E-state index contributed by atoms with van der Waals surface area (Å²) in [5.41, 5.74) is 0.290. The van der Waals surface area contributed by atoms with Gasteiger partial charge in [-0.25, -0.2) is 13.6 Å². The Labute approximate surface area is 184 Å². The number of alkyl halides is 5. The van der Waals surface area contributed by atoms with Gasteiger partial charge < -0.3 is 14.7 Å². The van der Waals surface area contributed by atoms with Gasteiger partial charge in [-0.2, -0.15) is 13.2 Å². The number of piperidine rings is 1. The van der Waals surface area contributed by atoms with E-state index in [9.17, 15) is 26.7 Å². The number of amides is 1. The molecule has 1 atom stereocenters. The topological polar surface area (TPSA) is 70.1 Å². The number of likely N-dealkylation sites (tertiary alicyclic amines) is 2. The summed E-state index contributed by atoms with van der Waals surface area (Å²) in [4.78, 5) is 25.8. The Hall–Kier alpha value is -1.49. The number of aliphatic carboxylic acids is 1. The molecule has 1 N–H and O–H groups in total. The number of hydrogen-bond acceptors (Lipinski definition) is 4. The minimum absolute atomic E-state index is 0.0398. The van der Waals surface area contributed by atoms with Gasteiger partial charge in [0.1, 0.15) is 0 Å². The zero-order valence-electron chi connectivity index (χ0n) is 18.2. The standard InChI is InChI=1S/C19H30F2N2O2.C2HF3O2/c1-25-12-16-10-18(13-23(16)11-14-2-3-14)4-6-22(7-5-18)17(24)15-8-19(20,21)9-15;3-2(4,5)1(6)7/h14-16H,2-13H2,1H3;(H,6,7). The minimum Gasteiger partial charge on any atom is -0.475 e. The second kappa shape index (κ2) is 9.40. The third kappa shape index (κ3) is 6.30. The van der Waals surface area contributed by atoms with Crippen molar-refractivity contribution in [2.75, 3.05) is 39.9 Å². The first-order valence-electron chi connectivity index (χ1n) is 11.0. The summed E-state index contributed by atoms with van der Waals surface area (Å²) in [7, 11) is 1.77. The molecule has 2 saturated carbocycles.